The molecule has 0 aromatic heterocycles. The molecule has 0 saturated heterocycles. The number of nitrogens with two attached hydrogens (primary N) is 1. The molecule has 0 aliphatic carbocycles. The predicted octanol–water partition coefficient (Wildman–Crippen LogP) is 2.17. The molecule has 0 fully saturated rings. The summed E-state index contributed by atoms with van der Waals surface area (Å²) in [6.07, 6.45) is 0. The quantitative estimate of drug-likeness (QED) is 0.826. The van der Waals surface area contributed by atoms with Crippen molar-refractivity contribution in [3.05, 3.63) is 28.2 Å². The molecule has 1 aromatic rings. The van der Waals surface area contributed by atoms with Gasteiger partial charge in [0.1, 0.15) is 5.25 Å². The summed E-state index contributed by atoms with van der Waals surface area (Å²) in [7, 11) is -3.60. The van der Waals surface area contributed by atoms with E-state index in [4.69, 9.17) is 5.73 Å². The van der Waals surface area contributed by atoms with Gasteiger partial charge in [0, 0.05) is 4.47 Å². The van der Waals surface area contributed by atoms with Crippen molar-refractivity contribution in [3.63, 3.8) is 0 Å². The lowest BCUT2D eigenvalue weighted by atomic mass is 10.2. The van der Waals surface area contributed by atoms with Crippen LogP contribution in [-0.4, -0.2) is 18.7 Å². The molecule has 17 heavy (non-hydrogen) atoms. The number of halogens is 1. The highest BCUT2D eigenvalue weighted by molar-refractivity contribution is 9.10. The predicted molar refractivity (Wildman–Crippen MR) is 77.7 cm³/mol. The van der Waals surface area contributed by atoms with Crippen LogP contribution in [0.3, 0.4) is 0 Å². The second-order valence-corrected chi connectivity index (χ2v) is 6.89. The number of hydrogen-bond acceptors (Lipinski definition) is 3. The fourth-order valence-corrected chi connectivity index (χ4v) is 2.95. The van der Waals surface area contributed by atoms with Crippen LogP contribution in [0.5, 0.6) is 0 Å². The van der Waals surface area contributed by atoms with E-state index >= 15 is 0 Å². The van der Waals surface area contributed by atoms with E-state index in [9.17, 15) is 8.42 Å². The van der Waals surface area contributed by atoms with E-state index in [1.165, 1.54) is 6.92 Å². The summed E-state index contributed by atoms with van der Waals surface area (Å²) in [5, 5.41) is -0.912. The van der Waals surface area contributed by atoms with Gasteiger partial charge in [-0.3, -0.25) is 4.72 Å². The van der Waals surface area contributed by atoms with E-state index in [0.717, 1.165) is 5.56 Å². The number of rotatable bonds is 4. The van der Waals surface area contributed by atoms with Crippen molar-refractivity contribution in [2.45, 2.75) is 19.1 Å². The molecule has 7 heteroatoms. The number of anilines is 1. The Bertz CT molecular complexity index is 543. The lowest BCUT2D eigenvalue weighted by molar-refractivity contribution is 0.598. The Morgan fingerprint density at radius 1 is 1.53 bits per heavy atom. The van der Waals surface area contributed by atoms with Gasteiger partial charge in [-0.15, -0.1) is 0 Å². The van der Waals surface area contributed by atoms with Gasteiger partial charge in [0.2, 0.25) is 10.0 Å². The van der Waals surface area contributed by atoms with Crippen molar-refractivity contribution in [3.8, 4) is 0 Å². The average molecular weight is 337 g/mol. The third kappa shape index (κ3) is 3.40. The summed E-state index contributed by atoms with van der Waals surface area (Å²) in [5.74, 6) is 0. The molecule has 0 heterocycles. The molecule has 0 aliphatic heterocycles. The number of thiocarbonyl (C=S) groups is 1. The first-order valence-electron chi connectivity index (χ1n) is 4.81. The zero-order valence-corrected chi connectivity index (χ0v) is 12.6. The van der Waals surface area contributed by atoms with Gasteiger partial charge < -0.3 is 5.73 Å². The molecule has 0 spiro atoms. The topological polar surface area (TPSA) is 72.2 Å². The van der Waals surface area contributed by atoms with Crippen molar-refractivity contribution in [1.29, 1.82) is 0 Å². The van der Waals surface area contributed by atoms with Crippen LogP contribution < -0.4 is 10.5 Å². The number of nitrogens with one attached hydrogen (secondary N) is 1. The van der Waals surface area contributed by atoms with Crippen LogP contribution in [0.2, 0.25) is 0 Å². The Morgan fingerprint density at radius 3 is 2.65 bits per heavy atom. The van der Waals surface area contributed by atoms with Gasteiger partial charge in [0.25, 0.3) is 0 Å². The van der Waals surface area contributed by atoms with Crippen LogP contribution in [0.1, 0.15) is 12.5 Å². The summed E-state index contributed by atoms with van der Waals surface area (Å²) in [6.45, 7) is 3.33. The maximum absolute atomic E-state index is 11.9. The van der Waals surface area contributed by atoms with Gasteiger partial charge in [-0.05, 0) is 41.4 Å². The third-order valence-electron chi connectivity index (χ3n) is 2.31. The molecule has 0 bridgehead atoms. The average Bonchev–Trinajstić information content (AvgIpc) is 2.23. The number of hydrogen-bond donors (Lipinski definition) is 2. The van der Waals surface area contributed by atoms with Gasteiger partial charge >= 0.3 is 0 Å². The van der Waals surface area contributed by atoms with E-state index in [0.29, 0.717) is 10.2 Å². The van der Waals surface area contributed by atoms with Crippen molar-refractivity contribution in [2.24, 2.45) is 5.73 Å². The minimum Gasteiger partial charge on any atom is -0.392 e. The Labute approximate surface area is 115 Å². The standard InChI is InChI=1S/C10H13BrN2O2S2/c1-6-4-3-5-8(9(6)11)13-17(14,15)7(2)10(12)16/h3-5,7,13H,1-2H3,(H2,12,16). The van der Waals surface area contributed by atoms with Crippen LogP contribution >= 0.6 is 28.1 Å². The molecular weight excluding hydrogens is 324 g/mol. The molecule has 1 aromatic carbocycles. The Hall–Kier alpha value is -0.660. The first-order chi connectivity index (χ1) is 7.75. The zero-order chi connectivity index (χ0) is 13.2. The molecule has 94 valence electrons. The lowest BCUT2D eigenvalue weighted by Crippen LogP contribution is -2.35. The fourth-order valence-electron chi connectivity index (χ4n) is 1.12. The minimum absolute atomic E-state index is 0.0544. The molecular formula is C10H13BrN2O2S2. The maximum Gasteiger partial charge on any atom is 0.241 e. The van der Waals surface area contributed by atoms with Crippen LogP contribution in [-0.2, 0) is 10.0 Å². The summed E-state index contributed by atoms with van der Waals surface area (Å²) < 4.78 is 27.0. The summed E-state index contributed by atoms with van der Waals surface area (Å²) in [4.78, 5) is -0.0544. The number of benzene rings is 1. The van der Waals surface area contributed by atoms with Gasteiger partial charge in [0.05, 0.1) is 10.7 Å². The van der Waals surface area contributed by atoms with Crippen molar-refractivity contribution in [2.75, 3.05) is 4.72 Å². The first kappa shape index (κ1) is 14.4. The van der Waals surface area contributed by atoms with Crippen molar-refractivity contribution in [1.82, 2.24) is 0 Å². The van der Waals surface area contributed by atoms with Crippen LogP contribution in [0.4, 0.5) is 5.69 Å². The number of sulfonamides is 1. The second-order valence-electron chi connectivity index (χ2n) is 3.63. The Kier molecular flexibility index (Phi) is 4.51. The van der Waals surface area contributed by atoms with Gasteiger partial charge in [0.15, 0.2) is 0 Å². The molecule has 1 unspecified atom stereocenters. The molecule has 1 rings (SSSR count). The van der Waals surface area contributed by atoms with Crippen LogP contribution in [0, 0.1) is 6.92 Å². The van der Waals surface area contributed by atoms with Crippen LogP contribution in [0.15, 0.2) is 22.7 Å². The molecule has 0 saturated carbocycles. The highest BCUT2D eigenvalue weighted by Gasteiger charge is 2.23. The summed E-state index contributed by atoms with van der Waals surface area (Å²) in [6, 6.07) is 5.31. The van der Waals surface area contributed by atoms with Gasteiger partial charge in [-0.25, -0.2) is 8.42 Å². The molecule has 0 radical (unpaired) electrons. The Morgan fingerprint density at radius 2 is 2.12 bits per heavy atom. The molecule has 4 nitrogen and oxygen atoms in total. The highest BCUT2D eigenvalue weighted by atomic mass is 79.9. The summed E-state index contributed by atoms with van der Waals surface area (Å²) >= 11 is 8.02. The fraction of sp³-hybridized carbons (Fsp3) is 0.300. The van der Waals surface area contributed by atoms with Crippen molar-refractivity contribution >= 4 is 48.8 Å². The third-order valence-corrected chi connectivity index (χ3v) is 5.55. The maximum atomic E-state index is 11.9. The highest BCUT2D eigenvalue weighted by Crippen LogP contribution is 2.27. The Balaban J connectivity index is 3.07. The molecule has 0 aliphatic rings. The van der Waals surface area contributed by atoms with E-state index in [1.807, 2.05) is 13.0 Å². The number of aryl methyl sites for hydroxylation is 1. The lowest BCUT2D eigenvalue weighted by Gasteiger charge is -2.15. The zero-order valence-electron chi connectivity index (χ0n) is 9.40. The minimum atomic E-state index is -3.60. The normalized spacial score (nSPS) is 13.1. The van der Waals surface area contributed by atoms with E-state index in [2.05, 4.69) is 32.9 Å². The first-order valence-corrected chi connectivity index (χ1v) is 7.56. The smallest absolute Gasteiger partial charge is 0.241 e. The van der Waals surface area contributed by atoms with E-state index in [1.54, 1.807) is 12.1 Å². The summed E-state index contributed by atoms with van der Waals surface area (Å²) in [5.41, 5.74) is 6.76. The van der Waals surface area contributed by atoms with Crippen molar-refractivity contribution < 1.29 is 8.42 Å². The SMILES string of the molecule is Cc1cccc(NS(=O)(=O)C(C)C(N)=S)c1Br. The van der Waals surface area contributed by atoms with Gasteiger partial charge in [-0.2, -0.15) is 0 Å². The molecule has 0 amide bonds. The largest absolute Gasteiger partial charge is 0.392 e. The van der Waals surface area contributed by atoms with Crippen LogP contribution in [0.25, 0.3) is 0 Å². The van der Waals surface area contributed by atoms with Gasteiger partial charge in [-0.1, -0.05) is 24.4 Å². The molecule has 3 N–H and O–H groups in total. The van der Waals surface area contributed by atoms with E-state index < -0.39 is 15.3 Å². The second kappa shape index (κ2) is 5.32. The molecule has 1 atom stereocenters. The monoisotopic (exact) mass is 336 g/mol. The van der Waals surface area contributed by atoms with E-state index in [-0.39, 0.29) is 4.99 Å².